The Morgan fingerprint density at radius 3 is 2.65 bits per heavy atom. The average molecular weight is 525 g/mol. The highest BCUT2D eigenvalue weighted by molar-refractivity contribution is 7.91. The van der Waals surface area contributed by atoms with Crippen LogP contribution in [0, 0.1) is 17.6 Å². The molecule has 1 saturated carbocycles. The predicted molar refractivity (Wildman–Crippen MR) is 141 cm³/mol. The van der Waals surface area contributed by atoms with Crippen molar-refractivity contribution >= 4 is 27.6 Å². The van der Waals surface area contributed by atoms with E-state index in [1.165, 1.54) is 11.6 Å². The van der Waals surface area contributed by atoms with E-state index in [9.17, 15) is 17.8 Å². The lowest BCUT2D eigenvalue weighted by atomic mass is 9.94. The molecule has 2 N–H and O–H groups in total. The minimum absolute atomic E-state index is 0.0332. The van der Waals surface area contributed by atoms with Crippen LogP contribution < -0.4 is 10.0 Å². The van der Waals surface area contributed by atoms with Crippen molar-refractivity contribution in [3.63, 3.8) is 0 Å². The zero-order valence-corrected chi connectivity index (χ0v) is 21.6. The Morgan fingerprint density at radius 1 is 1.19 bits per heavy atom. The predicted octanol–water partition coefficient (Wildman–Crippen LogP) is 5.71. The van der Waals surface area contributed by atoms with E-state index >= 15 is 0 Å². The number of benzene rings is 2. The fourth-order valence-electron chi connectivity index (χ4n) is 4.53. The monoisotopic (exact) mass is 524 g/mol. The van der Waals surface area contributed by atoms with E-state index in [1.54, 1.807) is 17.8 Å². The molecule has 1 aromatic heterocycles. The highest BCUT2D eigenvalue weighted by Crippen LogP contribution is 2.34. The number of hydrogen-bond donors (Lipinski definition) is 2. The summed E-state index contributed by atoms with van der Waals surface area (Å²) < 4.78 is 51.0. The summed E-state index contributed by atoms with van der Waals surface area (Å²) in [6.45, 7) is 2.12. The molecule has 2 aromatic carbocycles. The molecular weight excluding hydrogens is 494 g/mol. The van der Waals surface area contributed by atoms with Crippen molar-refractivity contribution < 1.29 is 17.8 Å². The van der Waals surface area contributed by atoms with Gasteiger partial charge in [-0.15, -0.1) is 0 Å². The van der Waals surface area contributed by atoms with Gasteiger partial charge in [-0.25, -0.2) is 22.1 Å². The van der Waals surface area contributed by atoms with Crippen LogP contribution in [-0.4, -0.2) is 26.8 Å². The van der Waals surface area contributed by atoms with Gasteiger partial charge < -0.3 is 9.88 Å². The molecule has 1 fully saturated rings. The maximum absolute atomic E-state index is 14.4. The van der Waals surface area contributed by atoms with Crippen molar-refractivity contribution in [2.24, 2.45) is 17.3 Å². The molecular formula is C28H30F2N4O2S. The van der Waals surface area contributed by atoms with Gasteiger partial charge in [0.2, 0.25) is 0 Å². The van der Waals surface area contributed by atoms with Gasteiger partial charge in [0.15, 0.2) is 11.6 Å². The highest BCUT2D eigenvalue weighted by Gasteiger charge is 2.33. The second-order valence-corrected chi connectivity index (χ2v) is 11.8. The van der Waals surface area contributed by atoms with Gasteiger partial charge >= 0.3 is 0 Å². The number of hydrogen-bond acceptors (Lipinski definition) is 3. The molecule has 1 amide bonds. The maximum atomic E-state index is 14.4. The van der Waals surface area contributed by atoms with Gasteiger partial charge in [0, 0.05) is 36.6 Å². The maximum Gasteiger partial charge on any atom is 0.272 e. The molecule has 3 aromatic rings. The van der Waals surface area contributed by atoms with Crippen LogP contribution in [0.4, 0.5) is 14.5 Å². The normalized spacial score (nSPS) is 21.7. The molecule has 5 rings (SSSR count). The summed E-state index contributed by atoms with van der Waals surface area (Å²) in [5.74, 6) is -2.40. The summed E-state index contributed by atoms with van der Waals surface area (Å²) in [5, 5.41) is 2.63. The smallest absolute Gasteiger partial charge is 0.272 e. The molecule has 37 heavy (non-hydrogen) atoms. The Morgan fingerprint density at radius 2 is 1.95 bits per heavy atom. The Kier molecular flexibility index (Phi) is 7.00. The first-order valence-corrected chi connectivity index (χ1v) is 14.0. The lowest BCUT2D eigenvalue weighted by Gasteiger charge is -2.23. The van der Waals surface area contributed by atoms with E-state index in [1.807, 2.05) is 30.4 Å². The molecule has 1 aliphatic carbocycles. The summed E-state index contributed by atoms with van der Waals surface area (Å²) in [5.41, 5.74) is 2.16. The summed E-state index contributed by atoms with van der Waals surface area (Å²) in [7, 11) is -1.32. The van der Waals surface area contributed by atoms with Crippen molar-refractivity contribution in [2.45, 2.75) is 49.6 Å². The third-order valence-corrected chi connectivity index (χ3v) is 8.94. The van der Waals surface area contributed by atoms with E-state index in [4.69, 9.17) is 4.36 Å². The van der Waals surface area contributed by atoms with Crippen LogP contribution in [-0.2, 0) is 23.4 Å². The minimum Gasteiger partial charge on any atom is -0.345 e. The lowest BCUT2D eigenvalue weighted by Crippen LogP contribution is -2.37. The van der Waals surface area contributed by atoms with Gasteiger partial charge in [-0.1, -0.05) is 49.4 Å². The number of rotatable bonds is 7. The standard InChI is InChI=1S/C28H30F2N4O2S/c1-18(8-9-19-6-4-3-5-7-19)25-15-13-22-26(37(36,33-25)32-20-10-11-20)17-34(2)27(22)28(35)31-21-12-14-23(29)24(30)16-21/h3-7,12-18,20,25H,8-11H2,1-2H3,(H,31,35)(H,32,33,36)/t18?,25-,37?/m1/s1. The van der Waals surface area contributed by atoms with E-state index in [2.05, 4.69) is 29.1 Å². The van der Waals surface area contributed by atoms with Crippen molar-refractivity contribution in [1.29, 1.82) is 0 Å². The summed E-state index contributed by atoms with van der Waals surface area (Å²) in [4.78, 5) is 13.7. The third kappa shape index (κ3) is 5.52. The Hall–Kier alpha value is -3.30. The number of carbonyl (C=O) groups excluding carboxylic acids is 1. The number of nitrogens with zero attached hydrogens (tertiary/aromatic N) is 2. The molecule has 9 heteroatoms. The second-order valence-electron chi connectivity index (χ2n) is 9.82. The number of nitrogens with one attached hydrogen (secondary N) is 2. The number of aryl methyl sites for hydroxylation is 2. The summed E-state index contributed by atoms with van der Waals surface area (Å²) >= 11 is 0. The molecule has 2 heterocycles. The van der Waals surface area contributed by atoms with Crippen LogP contribution in [0.25, 0.3) is 6.08 Å². The van der Waals surface area contributed by atoms with Gasteiger partial charge in [0.1, 0.15) is 15.6 Å². The first-order chi connectivity index (χ1) is 17.7. The molecule has 0 bridgehead atoms. The van der Waals surface area contributed by atoms with E-state index in [-0.39, 0.29) is 29.4 Å². The number of halogens is 2. The van der Waals surface area contributed by atoms with Crippen LogP contribution in [0.5, 0.6) is 0 Å². The largest absolute Gasteiger partial charge is 0.345 e. The zero-order valence-electron chi connectivity index (χ0n) is 20.8. The molecule has 6 nitrogen and oxygen atoms in total. The summed E-state index contributed by atoms with van der Waals surface area (Å²) in [6.07, 6.45) is 9.03. The van der Waals surface area contributed by atoms with Crippen LogP contribution >= 0.6 is 0 Å². The molecule has 0 radical (unpaired) electrons. The minimum atomic E-state index is -3.02. The van der Waals surface area contributed by atoms with Crippen molar-refractivity contribution in [3.8, 4) is 0 Å². The zero-order chi connectivity index (χ0) is 26.2. The lowest BCUT2D eigenvalue weighted by molar-refractivity contribution is 0.101. The molecule has 194 valence electrons. The molecule has 2 aliphatic rings. The van der Waals surface area contributed by atoms with Gasteiger partial charge in [-0.05, 0) is 49.3 Å². The fraction of sp³-hybridized carbons (Fsp3) is 0.321. The number of amides is 1. The van der Waals surface area contributed by atoms with Crippen molar-refractivity contribution in [2.75, 3.05) is 5.32 Å². The van der Waals surface area contributed by atoms with Crippen LogP contribution in [0.2, 0.25) is 0 Å². The average Bonchev–Trinajstić information content (AvgIpc) is 3.63. The molecule has 0 saturated heterocycles. The molecule has 1 aliphatic heterocycles. The van der Waals surface area contributed by atoms with Crippen LogP contribution in [0.1, 0.15) is 47.8 Å². The topological polar surface area (TPSA) is 75.5 Å². The highest BCUT2D eigenvalue weighted by atomic mass is 32.2. The van der Waals surface area contributed by atoms with Gasteiger partial charge in [-0.2, -0.15) is 0 Å². The van der Waals surface area contributed by atoms with Crippen LogP contribution in [0.15, 0.2) is 70.1 Å². The Labute approximate surface area is 216 Å². The van der Waals surface area contributed by atoms with E-state index in [0.717, 1.165) is 37.8 Å². The van der Waals surface area contributed by atoms with Crippen molar-refractivity contribution in [1.82, 2.24) is 9.29 Å². The SMILES string of the molecule is CC(CCc1ccccc1)[C@H]1C=Cc2c(cn(C)c2C(=O)Nc2ccc(F)c(F)c2)S(=O)(=NC2CC2)N1. The van der Waals surface area contributed by atoms with Crippen LogP contribution in [0.3, 0.4) is 0 Å². The molecule has 3 atom stereocenters. The molecule has 2 unspecified atom stereocenters. The second kappa shape index (κ2) is 10.2. The fourth-order valence-corrected chi connectivity index (χ4v) is 6.91. The van der Waals surface area contributed by atoms with E-state index in [0.29, 0.717) is 10.5 Å². The van der Waals surface area contributed by atoms with E-state index < -0.39 is 27.5 Å². The van der Waals surface area contributed by atoms with Crippen molar-refractivity contribution in [3.05, 3.63) is 89.3 Å². The quantitative estimate of drug-likeness (QED) is 0.415. The Balaban J connectivity index is 1.46. The molecule has 0 spiro atoms. The number of anilines is 1. The number of aromatic nitrogens is 1. The number of fused-ring (bicyclic) bond motifs is 1. The summed E-state index contributed by atoms with van der Waals surface area (Å²) in [6, 6.07) is 13.3. The first-order valence-electron chi connectivity index (χ1n) is 12.4. The third-order valence-electron chi connectivity index (χ3n) is 6.83. The van der Waals surface area contributed by atoms with Gasteiger partial charge in [-0.3, -0.25) is 4.79 Å². The number of carbonyl (C=O) groups is 1. The first kappa shape index (κ1) is 25.4. The van der Waals surface area contributed by atoms with Gasteiger partial charge in [0.05, 0.1) is 10.9 Å². The van der Waals surface area contributed by atoms with Gasteiger partial charge in [0.25, 0.3) is 5.91 Å². The Bertz CT molecular complexity index is 1470.